The number of hydrogen-bond acceptors (Lipinski definition) is 6. The average Bonchev–Trinajstić information content (AvgIpc) is 3.14. The van der Waals surface area contributed by atoms with Gasteiger partial charge in [0.25, 0.3) is 0 Å². The molecule has 2 N–H and O–H groups in total. The van der Waals surface area contributed by atoms with Gasteiger partial charge in [-0.2, -0.15) is 0 Å². The molecule has 1 atom stereocenters. The second-order valence-electron chi connectivity index (χ2n) is 15.0. The second-order valence-corrected chi connectivity index (χ2v) is 16.2. The Morgan fingerprint density at radius 3 is 1.26 bits per heavy atom. The third-order valence-corrected chi connectivity index (χ3v) is 10.1. The standard InChI is InChI=1S/C45H83O8P/c1-3-5-7-9-11-13-15-17-18-19-20-21-22-23-24-25-26-28-29-31-33-35-37-39-44(46)51-41-43(42-52-54(48,49)50)53-45(47)40-38-36-34-32-30-27-16-14-12-10-8-6-4-2/h14,16,25-26,31,33,43H,3-13,15,17-24,27-30,32,34-42H2,1-2H3,(H2,48,49,50)/b16-14+,26-25+,33-31+/t43-/m1/s1. The normalized spacial score (nSPS) is 12.7. The van der Waals surface area contributed by atoms with E-state index in [0.717, 1.165) is 64.2 Å². The van der Waals surface area contributed by atoms with Crippen LogP contribution in [0.15, 0.2) is 36.5 Å². The molecule has 0 aromatic rings. The molecule has 0 saturated carbocycles. The summed E-state index contributed by atoms with van der Waals surface area (Å²) in [6, 6.07) is 0. The zero-order valence-electron chi connectivity index (χ0n) is 34.9. The molecule has 316 valence electrons. The molecule has 0 saturated heterocycles. The summed E-state index contributed by atoms with van der Waals surface area (Å²) in [5.74, 6) is -0.940. The van der Waals surface area contributed by atoms with Crippen LogP contribution >= 0.6 is 7.82 Å². The maximum atomic E-state index is 12.4. The lowest BCUT2D eigenvalue weighted by Crippen LogP contribution is -2.29. The maximum absolute atomic E-state index is 12.4. The molecular weight excluding hydrogens is 699 g/mol. The summed E-state index contributed by atoms with van der Waals surface area (Å²) < 4.78 is 26.3. The molecular formula is C45H83O8P. The molecule has 0 unspecified atom stereocenters. The summed E-state index contributed by atoms with van der Waals surface area (Å²) in [6.07, 6.45) is 48.9. The minimum Gasteiger partial charge on any atom is -0.462 e. The van der Waals surface area contributed by atoms with Crippen molar-refractivity contribution in [2.75, 3.05) is 13.2 Å². The van der Waals surface area contributed by atoms with Crippen molar-refractivity contribution in [1.82, 2.24) is 0 Å². The fourth-order valence-corrected chi connectivity index (χ4v) is 6.63. The Balaban J connectivity index is 3.90. The number of phosphoric ester groups is 1. The van der Waals surface area contributed by atoms with E-state index in [1.165, 1.54) is 116 Å². The minimum atomic E-state index is -4.76. The summed E-state index contributed by atoms with van der Waals surface area (Å²) in [4.78, 5) is 42.8. The minimum absolute atomic E-state index is 0.194. The van der Waals surface area contributed by atoms with Gasteiger partial charge >= 0.3 is 19.8 Å². The van der Waals surface area contributed by atoms with Gasteiger partial charge in [-0.05, 0) is 70.6 Å². The quantitative estimate of drug-likeness (QED) is 0.0272. The number of carbonyl (C=O) groups is 2. The summed E-state index contributed by atoms with van der Waals surface area (Å²) in [6.45, 7) is 3.64. The van der Waals surface area contributed by atoms with Crippen molar-refractivity contribution >= 4 is 19.8 Å². The van der Waals surface area contributed by atoms with Crippen molar-refractivity contribution in [1.29, 1.82) is 0 Å². The van der Waals surface area contributed by atoms with Crippen LogP contribution in [0.1, 0.15) is 219 Å². The second kappa shape index (κ2) is 40.9. The molecule has 0 fully saturated rings. The largest absolute Gasteiger partial charge is 0.469 e. The van der Waals surface area contributed by atoms with E-state index in [4.69, 9.17) is 19.3 Å². The molecule has 0 rings (SSSR count). The van der Waals surface area contributed by atoms with Crippen molar-refractivity contribution < 1.29 is 37.9 Å². The third kappa shape index (κ3) is 43.0. The fraction of sp³-hybridized carbons (Fsp3) is 0.822. The van der Waals surface area contributed by atoms with E-state index >= 15 is 0 Å². The van der Waals surface area contributed by atoms with E-state index in [-0.39, 0.29) is 19.4 Å². The molecule has 9 heteroatoms. The topological polar surface area (TPSA) is 119 Å². The lowest BCUT2D eigenvalue weighted by molar-refractivity contribution is -0.161. The highest BCUT2D eigenvalue weighted by molar-refractivity contribution is 7.46. The molecule has 0 aliphatic carbocycles. The van der Waals surface area contributed by atoms with Crippen LogP contribution < -0.4 is 0 Å². The van der Waals surface area contributed by atoms with Crippen molar-refractivity contribution in [3.8, 4) is 0 Å². The lowest BCUT2D eigenvalue weighted by atomic mass is 10.0. The molecule has 0 aromatic carbocycles. The van der Waals surface area contributed by atoms with Gasteiger partial charge in [-0.3, -0.25) is 14.1 Å². The average molecular weight is 783 g/mol. The van der Waals surface area contributed by atoms with Crippen LogP contribution in [0.25, 0.3) is 0 Å². The van der Waals surface area contributed by atoms with Gasteiger partial charge in [0.1, 0.15) is 6.61 Å². The number of unbranched alkanes of at least 4 members (excludes halogenated alkanes) is 25. The number of phosphoric acid groups is 1. The molecule has 0 aliphatic rings. The van der Waals surface area contributed by atoms with Gasteiger partial charge in [0.15, 0.2) is 6.10 Å². The Morgan fingerprint density at radius 2 is 0.815 bits per heavy atom. The Morgan fingerprint density at radius 1 is 0.463 bits per heavy atom. The van der Waals surface area contributed by atoms with E-state index in [1.807, 2.05) is 0 Å². The van der Waals surface area contributed by atoms with Gasteiger partial charge in [-0.15, -0.1) is 0 Å². The zero-order valence-corrected chi connectivity index (χ0v) is 35.8. The van der Waals surface area contributed by atoms with Crippen LogP contribution in [0.4, 0.5) is 0 Å². The molecule has 0 heterocycles. The number of esters is 2. The van der Waals surface area contributed by atoms with E-state index in [0.29, 0.717) is 12.8 Å². The third-order valence-electron chi connectivity index (χ3n) is 9.61. The molecule has 0 bridgehead atoms. The van der Waals surface area contributed by atoms with E-state index in [2.05, 4.69) is 54.8 Å². The monoisotopic (exact) mass is 783 g/mol. The van der Waals surface area contributed by atoms with Gasteiger partial charge in [0.05, 0.1) is 6.61 Å². The lowest BCUT2D eigenvalue weighted by Gasteiger charge is -2.18. The van der Waals surface area contributed by atoms with Crippen molar-refractivity contribution in [3.05, 3.63) is 36.5 Å². The summed E-state index contributed by atoms with van der Waals surface area (Å²) >= 11 is 0. The number of hydrogen-bond donors (Lipinski definition) is 2. The van der Waals surface area contributed by atoms with Crippen LogP contribution in [0.2, 0.25) is 0 Å². The van der Waals surface area contributed by atoms with Crippen LogP contribution in [-0.2, 0) is 28.2 Å². The number of allylic oxidation sites excluding steroid dienone is 6. The van der Waals surface area contributed by atoms with Crippen LogP contribution in [-0.4, -0.2) is 41.0 Å². The van der Waals surface area contributed by atoms with Crippen molar-refractivity contribution in [2.45, 2.75) is 225 Å². The van der Waals surface area contributed by atoms with E-state index in [1.54, 1.807) is 0 Å². The molecule has 0 spiro atoms. The highest BCUT2D eigenvalue weighted by Gasteiger charge is 2.22. The summed E-state index contributed by atoms with van der Waals surface area (Å²) in [5.41, 5.74) is 0. The summed E-state index contributed by atoms with van der Waals surface area (Å²) in [7, 11) is -4.76. The van der Waals surface area contributed by atoms with Crippen molar-refractivity contribution in [3.63, 3.8) is 0 Å². The zero-order chi connectivity index (χ0) is 39.6. The van der Waals surface area contributed by atoms with Crippen LogP contribution in [0.3, 0.4) is 0 Å². The number of ether oxygens (including phenoxy) is 2. The highest BCUT2D eigenvalue weighted by atomic mass is 31.2. The molecule has 8 nitrogen and oxygen atoms in total. The van der Waals surface area contributed by atoms with Gasteiger partial charge in [0.2, 0.25) is 0 Å². The first-order valence-electron chi connectivity index (χ1n) is 22.3. The molecule has 0 amide bonds. The fourth-order valence-electron chi connectivity index (χ4n) is 6.27. The van der Waals surface area contributed by atoms with Gasteiger partial charge in [0, 0.05) is 12.8 Å². The number of rotatable bonds is 41. The Bertz CT molecular complexity index is 973. The number of carbonyl (C=O) groups excluding carboxylic acids is 2. The van der Waals surface area contributed by atoms with E-state index in [9.17, 15) is 14.2 Å². The van der Waals surface area contributed by atoms with Crippen molar-refractivity contribution in [2.24, 2.45) is 0 Å². The maximum Gasteiger partial charge on any atom is 0.469 e. The Hall–Kier alpha value is -1.73. The Labute approximate surface area is 332 Å². The molecule has 0 aromatic heterocycles. The van der Waals surface area contributed by atoms with Gasteiger partial charge < -0.3 is 19.3 Å². The first-order valence-corrected chi connectivity index (χ1v) is 23.8. The predicted octanol–water partition coefficient (Wildman–Crippen LogP) is 13.7. The van der Waals surface area contributed by atoms with Crippen LogP contribution in [0, 0.1) is 0 Å². The van der Waals surface area contributed by atoms with Gasteiger partial charge in [-0.1, -0.05) is 172 Å². The first-order chi connectivity index (χ1) is 26.3. The Kier molecular flexibility index (Phi) is 39.6. The SMILES string of the molecule is CCCCCC/C=C/CCCCCCCC(=O)O[C@H](COC(=O)CCC/C=C/CC/C=C/CCCCCCCCCCCCCCCC)COP(=O)(O)O. The predicted molar refractivity (Wildman–Crippen MR) is 225 cm³/mol. The van der Waals surface area contributed by atoms with E-state index < -0.39 is 32.5 Å². The molecule has 0 aliphatic heterocycles. The van der Waals surface area contributed by atoms with Gasteiger partial charge in [-0.25, -0.2) is 4.57 Å². The first kappa shape index (κ1) is 52.3. The highest BCUT2D eigenvalue weighted by Crippen LogP contribution is 2.36. The summed E-state index contributed by atoms with van der Waals surface area (Å²) in [5, 5.41) is 0. The smallest absolute Gasteiger partial charge is 0.462 e. The molecule has 54 heavy (non-hydrogen) atoms. The molecule has 0 radical (unpaired) electrons. The van der Waals surface area contributed by atoms with Crippen LogP contribution in [0.5, 0.6) is 0 Å².